The number of anilines is 3. The zero-order chi connectivity index (χ0) is 24.9. The molecule has 36 heavy (non-hydrogen) atoms. The van der Waals surface area contributed by atoms with Crippen molar-refractivity contribution in [2.45, 2.75) is 6.10 Å². The van der Waals surface area contributed by atoms with Crippen LogP contribution >= 0.6 is 0 Å². The van der Waals surface area contributed by atoms with Crippen LogP contribution in [-0.4, -0.2) is 32.6 Å². The molecule has 0 aliphatic carbocycles. The van der Waals surface area contributed by atoms with Crippen LogP contribution in [0.3, 0.4) is 0 Å². The molecule has 0 saturated carbocycles. The summed E-state index contributed by atoms with van der Waals surface area (Å²) in [6.07, 6.45) is 0.778. The lowest BCUT2D eigenvalue weighted by Crippen LogP contribution is -2.19. The first-order chi connectivity index (χ1) is 17.6. The van der Waals surface area contributed by atoms with E-state index < -0.39 is 12.1 Å². The van der Waals surface area contributed by atoms with Gasteiger partial charge in [-0.3, -0.25) is 4.79 Å². The topological polar surface area (TPSA) is 135 Å². The minimum absolute atomic E-state index is 0.202. The van der Waals surface area contributed by atoms with E-state index in [-0.39, 0.29) is 12.1 Å². The molecule has 5 aromatic rings. The third-order valence-electron chi connectivity index (χ3n) is 5.67. The van der Waals surface area contributed by atoms with Crippen molar-refractivity contribution in [2.24, 2.45) is 0 Å². The summed E-state index contributed by atoms with van der Waals surface area (Å²) in [5.74, 6) is 0.335. The molecular weight excluding hydrogens is 456 g/mol. The summed E-state index contributed by atoms with van der Waals surface area (Å²) in [7, 11) is 0. The molecular formula is C27H24N6O3. The number of rotatable bonds is 7. The third kappa shape index (κ3) is 4.96. The van der Waals surface area contributed by atoms with Crippen molar-refractivity contribution in [3.05, 3.63) is 107 Å². The molecule has 2 heterocycles. The predicted octanol–water partition coefficient (Wildman–Crippen LogP) is 4.71. The number of nitrogens with one attached hydrogen (secondary N) is 5. The summed E-state index contributed by atoms with van der Waals surface area (Å²) < 4.78 is 0. The third-order valence-corrected chi connectivity index (χ3v) is 5.67. The maximum Gasteiger partial charge on any atom is 0.323 e. The van der Waals surface area contributed by atoms with E-state index in [0.717, 1.165) is 5.56 Å². The number of nitrogens with zero attached hydrogens (tertiary/aromatic N) is 1. The molecule has 5 rings (SSSR count). The maximum absolute atomic E-state index is 12.8. The average Bonchev–Trinajstić information content (AvgIpc) is 3.33. The molecule has 9 nitrogen and oxygen atoms in total. The number of imidazole rings is 1. The number of aromatic amines is 2. The van der Waals surface area contributed by atoms with Gasteiger partial charge in [-0.15, -0.1) is 0 Å². The Balaban J connectivity index is 1.41. The number of H-pyrrole nitrogens is 2. The quantitative estimate of drug-likeness (QED) is 0.201. The largest absolute Gasteiger partial charge is 0.387 e. The van der Waals surface area contributed by atoms with E-state index in [2.05, 4.69) is 30.9 Å². The highest BCUT2D eigenvalue weighted by atomic mass is 16.3. The Labute approximate surface area is 206 Å². The summed E-state index contributed by atoms with van der Waals surface area (Å²) in [5, 5.41) is 19.3. The van der Waals surface area contributed by atoms with Gasteiger partial charge >= 0.3 is 6.03 Å². The highest BCUT2D eigenvalue weighted by Gasteiger charge is 2.17. The van der Waals surface area contributed by atoms with Crippen molar-refractivity contribution in [3.63, 3.8) is 0 Å². The first-order valence-electron chi connectivity index (χ1n) is 11.4. The number of amides is 2. The Hall–Kier alpha value is -4.89. The fourth-order valence-electron chi connectivity index (χ4n) is 3.92. The van der Waals surface area contributed by atoms with Gasteiger partial charge in [0.25, 0.3) is 5.56 Å². The minimum Gasteiger partial charge on any atom is -0.387 e. The Kier molecular flexibility index (Phi) is 6.46. The number of aromatic nitrogens is 3. The molecule has 0 unspecified atom stereocenters. The van der Waals surface area contributed by atoms with Gasteiger partial charge in [-0.1, -0.05) is 54.6 Å². The molecule has 0 radical (unpaired) electrons. The predicted molar refractivity (Wildman–Crippen MR) is 141 cm³/mol. The fourth-order valence-corrected chi connectivity index (χ4v) is 3.92. The number of aliphatic hydroxyl groups is 1. The SMILES string of the molecule is O=C(Nc1ccccc1)Nc1cccc2nc(-c3c(NC[C@H](O)c4ccccc4)cc[nH]c3=O)[nH]c12. The van der Waals surface area contributed by atoms with Crippen LogP contribution in [0, 0.1) is 0 Å². The number of hydrogen-bond donors (Lipinski definition) is 6. The van der Waals surface area contributed by atoms with Crippen molar-refractivity contribution in [3.8, 4) is 11.4 Å². The number of pyridine rings is 1. The van der Waals surface area contributed by atoms with Gasteiger partial charge in [-0.05, 0) is 35.9 Å². The van der Waals surface area contributed by atoms with E-state index in [0.29, 0.717) is 39.5 Å². The summed E-state index contributed by atoms with van der Waals surface area (Å²) in [4.78, 5) is 35.8. The van der Waals surface area contributed by atoms with E-state index in [4.69, 9.17) is 0 Å². The Morgan fingerprint density at radius 2 is 1.64 bits per heavy atom. The second kappa shape index (κ2) is 10.2. The molecule has 0 fully saturated rings. The highest BCUT2D eigenvalue weighted by molar-refractivity contribution is 6.05. The van der Waals surface area contributed by atoms with E-state index >= 15 is 0 Å². The van der Waals surface area contributed by atoms with Crippen LogP contribution in [0.5, 0.6) is 0 Å². The van der Waals surface area contributed by atoms with Gasteiger partial charge in [0.1, 0.15) is 11.4 Å². The smallest absolute Gasteiger partial charge is 0.323 e. The molecule has 0 spiro atoms. The molecule has 0 aliphatic rings. The van der Waals surface area contributed by atoms with E-state index in [1.807, 2.05) is 48.5 Å². The first kappa shape index (κ1) is 22.9. The van der Waals surface area contributed by atoms with E-state index in [9.17, 15) is 14.7 Å². The van der Waals surface area contributed by atoms with Crippen molar-refractivity contribution < 1.29 is 9.90 Å². The van der Waals surface area contributed by atoms with Crippen molar-refractivity contribution >= 4 is 34.1 Å². The van der Waals surface area contributed by atoms with Crippen LogP contribution in [0.4, 0.5) is 21.9 Å². The van der Waals surface area contributed by atoms with Gasteiger partial charge in [0, 0.05) is 18.4 Å². The number of carbonyl (C=O) groups excluding carboxylic acids is 1. The van der Waals surface area contributed by atoms with E-state index in [1.165, 1.54) is 6.20 Å². The Morgan fingerprint density at radius 3 is 2.42 bits per heavy atom. The lowest BCUT2D eigenvalue weighted by atomic mass is 10.1. The van der Waals surface area contributed by atoms with Crippen LogP contribution in [0.2, 0.25) is 0 Å². The number of urea groups is 1. The van der Waals surface area contributed by atoms with Crippen molar-refractivity contribution in [2.75, 3.05) is 22.5 Å². The van der Waals surface area contributed by atoms with Crippen LogP contribution in [0.1, 0.15) is 11.7 Å². The molecule has 3 aromatic carbocycles. The van der Waals surface area contributed by atoms with Gasteiger partial charge < -0.3 is 31.0 Å². The Morgan fingerprint density at radius 1 is 0.889 bits per heavy atom. The summed E-state index contributed by atoms with van der Waals surface area (Å²) in [6.45, 7) is 0.202. The zero-order valence-electron chi connectivity index (χ0n) is 19.2. The number of aliphatic hydroxyl groups excluding tert-OH is 1. The van der Waals surface area contributed by atoms with Gasteiger partial charge in [-0.25, -0.2) is 9.78 Å². The number of hydrogen-bond acceptors (Lipinski definition) is 5. The summed E-state index contributed by atoms with van der Waals surface area (Å²) in [6, 6.07) is 25.0. The first-order valence-corrected chi connectivity index (χ1v) is 11.4. The standard InChI is InChI=1S/C27H24N6O3/c34-22(17-8-3-1-4-9-17)16-29-19-14-15-28-26(35)23(19)25-31-20-12-7-13-21(24(20)33-25)32-27(36)30-18-10-5-2-6-11-18/h1-15,22,34H,16H2,(H,31,33)(H2,28,29,35)(H2,30,32,36)/t22-/m0/s1. The van der Waals surface area contributed by atoms with Gasteiger partial charge in [0.05, 0.1) is 28.5 Å². The molecule has 180 valence electrons. The van der Waals surface area contributed by atoms with Gasteiger partial charge in [0.2, 0.25) is 0 Å². The van der Waals surface area contributed by atoms with Crippen LogP contribution < -0.4 is 21.5 Å². The average molecular weight is 481 g/mol. The number of carbonyl (C=O) groups is 1. The molecule has 9 heteroatoms. The van der Waals surface area contributed by atoms with Gasteiger partial charge in [-0.2, -0.15) is 0 Å². The van der Waals surface area contributed by atoms with Crippen LogP contribution in [0.25, 0.3) is 22.4 Å². The second-order valence-corrected chi connectivity index (χ2v) is 8.13. The van der Waals surface area contributed by atoms with Crippen LogP contribution in [-0.2, 0) is 0 Å². The van der Waals surface area contributed by atoms with Gasteiger partial charge in [0.15, 0.2) is 0 Å². The molecule has 0 aliphatic heterocycles. The monoisotopic (exact) mass is 480 g/mol. The second-order valence-electron chi connectivity index (χ2n) is 8.13. The molecule has 6 N–H and O–H groups in total. The lowest BCUT2D eigenvalue weighted by Gasteiger charge is -2.14. The maximum atomic E-state index is 12.8. The van der Waals surface area contributed by atoms with Crippen LogP contribution in [0.15, 0.2) is 95.9 Å². The lowest BCUT2D eigenvalue weighted by molar-refractivity contribution is 0.191. The molecule has 0 saturated heterocycles. The molecule has 2 amide bonds. The fraction of sp³-hybridized carbons (Fsp3) is 0.0741. The molecule has 0 bridgehead atoms. The summed E-state index contributed by atoms with van der Waals surface area (Å²) in [5.41, 5.74) is 3.58. The highest BCUT2D eigenvalue weighted by Crippen LogP contribution is 2.28. The molecule has 2 aromatic heterocycles. The van der Waals surface area contributed by atoms with E-state index in [1.54, 1.807) is 36.4 Å². The number of para-hydroxylation sites is 2. The number of fused-ring (bicyclic) bond motifs is 1. The molecule has 1 atom stereocenters. The van der Waals surface area contributed by atoms with Crippen molar-refractivity contribution in [1.29, 1.82) is 0 Å². The Bertz CT molecular complexity index is 1550. The number of benzene rings is 3. The summed E-state index contributed by atoms with van der Waals surface area (Å²) >= 11 is 0. The minimum atomic E-state index is -0.757. The normalized spacial score (nSPS) is 11.7. The zero-order valence-corrected chi connectivity index (χ0v) is 19.2. The van der Waals surface area contributed by atoms with Crippen molar-refractivity contribution in [1.82, 2.24) is 15.0 Å².